The summed E-state index contributed by atoms with van der Waals surface area (Å²) in [6.45, 7) is 3.12. The molecule has 0 aromatic carbocycles. The zero-order valence-corrected chi connectivity index (χ0v) is 15.8. The fourth-order valence-electron chi connectivity index (χ4n) is 4.10. The van der Waals surface area contributed by atoms with E-state index in [2.05, 4.69) is 33.2 Å². The molecule has 1 aliphatic heterocycles. The number of amides is 1. The lowest BCUT2D eigenvalue weighted by atomic mass is 9.97. The van der Waals surface area contributed by atoms with Crippen LogP contribution in [0.1, 0.15) is 63.5 Å². The van der Waals surface area contributed by atoms with Gasteiger partial charge in [0, 0.05) is 36.1 Å². The normalized spacial score (nSPS) is 23.3. The highest BCUT2D eigenvalue weighted by Gasteiger charge is 2.25. The number of carbonyl (C=O) groups is 1. The van der Waals surface area contributed by atoms with Gasteiger partial charge in [0.1, 0.15) is 5.69 Å². The molecule has 2 N–H and O–H groups in total. The van der Waals surface area contributed by atoms with Gasteiger partial charge in [-0.1, -0.05) is 6.42 Å². The molecule has 0 radical (unpaired) electrons. The van der Waals surface area contributed by atoms with E-state index >= 15 is 0 Å². The van der Waals surface area contributed by atoms with E-state index in [1.807, 2.05) is 13.1 Å². The molecule has 1 saturated heterocycles. The van der Waals surface area contributed by atoms with Crippen molar-refractivity contribution in [2.75, 3.05) is 6.54 Å². The first-order valence-corrected chi connectivity index (χ1v) is 10.1. The van der Waals surface area contributed by atoms with E-state index in [0.717, 1.165) is 42.9 Å². The van der Waals surface area contributed by atoms with Crippen molar-refractivity contribution in [3.8, 4) is 0 Å². The van der Waals surface area contributed by atoms with Crippen molar-refractivity contribution in [3.05, 3.63) is 39.1 Å². The van der Waals surface area contributed by atoms with Gasteiger partial charge in [0.25, 0.3) is 5.91 Å². The van der Waals surface area contributed by atoms with Crippen LogP contribution in [0.3, 0.4) is 0 Å². The lowest BCUT2D eigenvalue weighted by Gasteiger charge is -2.25. The summed E-state index contributed by atoms with van der Waals surface area (Å²) in [5.41, 5.74) is 3.21. The lowest BCUT2D eigenvalue weighted by Crippen LogP contribution is -2.39. The molecule has 6 heteroatoms. The molecule has 2 atom stereocenters. The number of fused-ring (bicyclic) bond motifs is 1. The van der Waals surface area contributed by atoms with Crippen molar-refractivity contribution < 1.29 is 4.79 Å². The molecule has 1 amide bonds. The Labute approximate surface area is 152 Å². The van der Waals surface area contributed by atoms with Gasteiger partial charge in [0.05, 0.1) is 10.7 Å². The lowest BCUT2D eigenvalue weighted by molar-refractivity contribution is 0.0925. The number of nitrogens with one attached hydrogen (secondary N) is 2. The predicted molar refractivity (Wildman–Crippen MR) is 100 cm³/mol. The number of aryl methyl sites for hydroxylation is 2. The SMILES string of the molecule is Cc1nc2c(s1)CC(NC(=O)c1ccc(C3CCCCN3)n1C)CC2. The van der Waals surface area contributed by atoms with Gasteiger partial charge in [-0.2, -0.15) is 0 Å². The van der Waals surface area contributed by atoms with Crippen LogP contribution in [0, 0.1) is 6.92 Å². The molecule has 2 aromatic rings. The number of thiazole rings is 1. The zero-order valence-electron chi connectivity index (χ0n) is 15.0. The van der Waals surface area contributed by atoms with Crippen LogP contribution < -0.4 is 10.6 Å². The number of carbonyl (C=O) groups excluding carboxylic acids is 1. The summed E-state index contributed by atoms with van der Waals surface area (Å²) in [4.78, 5) is 18.7. The minimum Gasteiger partial charge on any atom is -0.348 e. The monoisotopic (exact) mass is 358 g/mol. The van der Waals surface area contributed by atoms with E-state index in [-0.39, 0.29) is 11.9 Å². The van der Waals surface area contributed by atoms with Crippen molar-refractivity contribution in [1.82, 2.24) is 20.2 Å². The smallest absolute Gasteiger partial charge is 0.268 e. The second kappa shape index (κ2) is 6.92. The maximum atomic E-state index is 12.8. The average Bonchev–Trinajstić information content (AvgIpc) is 3.17. The Bertz CT molecular complexity index is 772. The largest absolute Gasteiger partial charge is 0.348 e. The molecule has 0 spiro atoms. The summed E-state index contributed by atoms with van der Waals surface area (Å²) >= 11 is 1.77. The third-order valence-corrected chi connectivity index (χ3v) is 6.48. The van der Waals surface area contributed by atoms with Crippen LogP contribution >= 0.6 is 11.3 Å². The van der Waals surface area contributed by atoms with E-state index in [0.29, 0.717) is 6.04 Å². The maximum Gasteiger partial charge on any atom is 0.268 e. The van der Waals surface area contributed by atoms with Crippen LogP contribution in [0.25, 0.3) is 0 Å². The van der Waals surface area contributed by atoms with Gasteiger partial charge in [-0.25, -0.2) is 4.98 Å². The Kier molecular flexibility index (Phi) is 4.65. The third kappa shape index (κ3) is 3.37. The predicted octanol–water partition coefficient (Wildman–Crippen LogP) is 2.89. The minimum absolute atomic E-state index is 0.0410. The van der Waals surface area contributed by atoms with E-state index in [4.69, 9.17) is 0 Å². The van der Waals surface area contributed by atoms with Gasteiger partial charge >= 0.3 is 0 Å². The molecule has 3 heterocycles. The van der Waals surface area contributed by atoms with Crippen LogP contribution in [0.4, 0.5) is 0 Å². The van der Waals surface area contributed by atoms with Gasteiger partial charge < -0.3 is 15.2 Å². The number of rotatable bonds is 3. The quantitative estimate of drug-likeness (QED) is 0.887. The van der Waals surface area contributed by atoms with Crippen LogP contribution in [-0.4, -0.2) is 28.0 Å². The fraction of sp³-hybridized carbons (Fsp3) is 0.579. The first kappa shape index (κ1) is 16.8. The molecule has 1 aliphatic carbocycles. The number of nitrogens with zero attached hydrogens (tertiary/aromatic N) is 2. The molecular weight excluding hydrogens is 332 g/mol. The number of piperidine rings is 1. The molecule has 2 unspecified atom stereocenters. The Hall–Kier alpha value is -1.66. The van der Waals surface area contributed by atoms with Crippen LogP contribution in [0.5, 0.6) is 0 Å². The van der Waals surface area contributed by atoms with E-state index < -0.39 is 0 Å². The van der Waals surface area contributed by atoms with Crippen LogP contribution in [-0.2, 0) is 19.9 Å². The molecule has 0 saturated carbocycles. The zero-order chi connectivity index (χ0) is 17.4. The Morgan fingerprint density at radius 3 is 3.04 bits per heavy atom. The van der Waals surface area contributed by atoms with E-state index in [1.54, 1.807) is 11.3 Å². The Morgan fingerprint density at radius 2 is 2.24 bits per heavy atom. The highest BCUT2D eigenvalue weighted by molar-refractivity contribution is 7.11. The van der Waals surface area contributed by atoms with Crippen molar-refractivity contribution in [1.29, 1.82) is 0 Å². The Balaban J connectivity index is 1.44. The van der Waals surface area contributed by atoms with Gasteiger partial charge in [-0.3, -0.25) is 4.79 Å². The third-order valence-electron chi connectivity index (χ3n) is 5.44. The number of hydrogen-bond donors (Lipinski definition) is 2. The van der Waals surface area contributed by atoms with E-state index in [1.165, 1.54) is 29.1 Å². The average molecular weight is 359 g/mol. The highest BCUT2D eigenvalue weighted by Crippen LogP contribution is 2.27. The topological polar surface area (TPSA) is 59.0 Å². The molecule has 0 bridgehead atoms. The standard InChI is InChI=1S/C19H26N4OS/c1-12-21-15-7-6-13(11-18(15)25-12)22-19(24)17-9-8-16(23(17)2)14-5-3-4-10-20-14/h8-9,13-14,20H,3-7,10-11H2,1-2H3,(H,22,24). The summed E-state index contributed by atoms with van der Waals surface area (Å²) in [6.07, 6.45) is 6.50. The molecule has 4 rings (SSSR count). The van der Waals surface area contributed by atoms with E-state index in [9.17, 15) is 4.79 Å². The molecule has 25 heavy (non-hydrogen) atoms. The van der Waals surface area contributed by atoms with Crippen molar-refractivity contribution in [2.45, 2.75) is 57.5 Å². The molecule has 2 aromatic heterocycles. The highest BCUT2D eigenvalue weighted by atomic mass is 32.1. The molecule has 5 nitrogen and oxygen atoms in total. The van der Waals surface area contributed by atoms with Crippen LogP contribution in [0.15, 0.2) is 12.1 Å². The fourth-order valence-corrected chi connectivity index (χ4v) is 5.16. The van der Waals surface area contributed by atoms with Gasteiger partial charge in [0.2, 0.25) is 0 Å². The summed E-state index contributed by atoms with van der Waals surface area (Å²) in [7, 11) is 2.01. The van der Waals surface area contributed by atoms with Crippen LogP contribution in [0.2, 0.25) is 0 Å². The summed E-state index contributed by atoms with van der Waals surface area (Å²) in [6, 6.07) is 4.65. The van der Waals surface area contributed by atoms with Gasteiger partial charge in [0.15, 0.2) is 0 Å². The summed E-state index contributed by atoms with van der Waals surface area (Å²) in [5.74, 6) is 0.0410. The second-order valence-electron chi connectivity index (χ2n) is 7.22. The van der Waals surface area contributed by atoms with Crippen molar-refractivity contribution in [3.63, 3.8) is 0 Å². The van der Waals surface area contributed by atoms with Crippen molar-refractivity contribution >= 4 is 17.2 Å². The molecule has 1 fully saturated rings. The first-order valence-electron chi connectivity index (χ1n) is 9.27. The number of aromatic nitrogens is 2. The van der Waals surface area contributed by atoms with Gasteiger partial charge in [-0.05, 0) is 51.3 Å². The summed E-state index contributed by atoms with van der Waals surface area (Å²) < 4.78 is 2.06. The first-order chi connectivity index (χ1) is 12.1. The molecule has 134 valence electrons. The summed E-state index contributed by atoms with van der Waals surface area (Å²) in [5, 5.41) is 7.93. The maximum absolute atomic E-state index is 12.8. The molecule has 2 aliphatic rings. The second-order valence-corrected chi connectivity index (χ2v) is 8.51. The number of hydrogen-bond acceptors (Lipinski definition) is 4. The molecular formula is C19H26N4OS. The van der Waals surface area contributed by atoms with Crippen molar-refractivity contribution in [2.24, 2.45) is 7.05 Å². The Morgan fingerprint density at radius 1 is 1.36 bits per heavy atom. The minimum atomic E-state index is 0.0410. The van der Waals surface area contributed by atoms with Gasteiger partial charge in [-0.15, -0.1) is 11.3 Å².